The summed E-state index contributed by atoms with van der Waals surface area (Å²) in [6.45, 7) is 1.86. The molecule has 0 unspecified atom stereocenters. The van der Waals surface area contributed by atoms with Gasteiger partial charge in [0.05, 0.1) is 17.2 Å². The van der Waals surface area contributed by atoms with Crippen LogP contribution in [0, 0.1) is 5.82 Å². The van der Waals surface area contributed by atoms with E-state index in [0.29, 0.717) is 0 Å². The second-order valence-corrected chi connectivity index (χ2v) is 4.47. The van der Waals surface area contributed by atoms with E-state index >= 15 is 0 Å². The van der Waals surface area contributed by atoms with Gasteiger partial charge in [-0.1, -0.05) is 23.2 Å². The fourth-order valence-corrected chi connectivity index (χ4v) is 2.06. The van der Waals surface area contributed by atoms with Gasteiger partial charge in [-0.3, -0.25) is 4.98 Å². The highest BCUT2D eigenvalue weighted by Gasteiger charge is 2.18. The lowest BCUT2D eigenvalue weighted by molar-refractivity contribution is 0.0526. The molecule has 2 radical (unpaired) electrons. The monoisotopic (exact) mass is 297 g/mol. The largest absolute Gasteiger partial charge is 0.462 e. The lowest BCUT2D eigenvalue weighted by Crippen LogP contribution is -2.12. The Morgan fingerprint density at radius 2 is 2.21 bits per heavy atom. The maximum atomic E-state index is 13.9. The Hall–Kier alpha value is -1.33. The number of ether oxygens (including phenoxy) is 1. The van der Waals surface area contributed by atoms with E-state index in [4.69, 9.17) is 35.8 Å². The smallest absolute Gasteiger partial charge is 0.341 e. The Morgan fingerprint density at radius 1 is 1.53 bits per heavy atom. The van der Waals surface area contributed by atoms with Gasteiger partial charge in [-0.15, -0.1) is 0 Å². The molecule has 1 aromatic carbocycles. The molecule has 0 amide bonds. The molecule has 0 spiro atoms. The number of carbonyl (C=O) groups is 1. The maximum absolute atomic E-state index is 13.9. The minimum absolute atomic E-state index is 0.00899. The summed E-state index contributed by atoms with van der Waals surface area (Å²) in [5, 5.41) is 0.253. The van der Waals surface area contributed by atoms with Crippen LogP contribution in [0.3, 0.4) is 0 Å². The first-order valence-electron chi connectivity index (χ1n) is 5.36. The molecule has 0 bridgehead atoms. The zero-order valence-electron chi connectivity index (χ0n) is 9.84. The number of hydrogen-bond acceptors (Lipinski definition) is 3. The van der Waals surface area contributed by atoms with Crippen molar-refractivity contribution in [1.29, 1.82) is 0 Å². The number of pyridine rings is 1. The first-order valence-corrected chi connectivity index (χ1v) is 6.11. The lowest BCUT2D eigenvalue weighted by atomic mass is 9.93. The quantitative estimate of drug-likeness (QED) is 0.632. The van der Waals surface area contributed by atoms with E-state index in [1.807, 2.05) is 0 Å². The average molecular weight is 298 g/mol. The number of fused-ring (bicyclic) bond motifs is 1. The first kappa shape index (κ1) is 14.1. The number of nitrogens with zero attached hydrogens (tertiary/aromatic N) is 1. The zero-order chi connectivity index (χ0) is 14.2. The van der Waals surface area contributed by atoms with Crippen molar-refractivity contribution >= 4 is 53.4 Å². The van der Waals surface area contributed by atoms with Crippen molar-refractivity contribution in [2.75, 3.05) is 6.61 Å². The van der Waals surface area contributed by atoms with Crippen LogP contribution in [0.1, 0.15) is 17.3 Å². The number of aromatic nitrogens is 1. The predicted octanol–water partition coefficient (Wildman–Crippen LogP) is 2.65. The zero-order valence-corrected chi connectivity index (χ0v) is 11.3. The van der Waals surface area contributed by atoms with Gasteiger partial charge >= 0.3 is 5.97 Å². The molecule has 0 atom stereocenters. The highest BCUT2D eigenvalue weighted by atomic mass is 35.5. The van der Waals surface area contributed by atoms with Crippen molar-refractivity contribution in [3.8, 4) is 0 Å². The van der Waals surface area contributed by atoms with E-state index in [2.05, 4.69) is 4.98 Å². The van der Waals surface area contributed by atoms with E-state index in [9.17, 15) is 9.18 Å². The summed E-state index contributed by atoms with van der Waals surface area (Å²) in [6, 6.07) is 1.37. The van der Waals surface area contributed by atoms with Crippen molar-refractivity contribution < 1.29 is 13.9 Å². The van der Waals surface area contributed by atoms with Gasteiger partial charge in [0.2, 0.25) is 0 Å². The molecule has 2 aromatic rings. The highest BCUT2D eigenvalue weighted by Crippen LogP contribution is 2.29. The minimum atomic E-state index is -0.764. The predicted molar refractivity (Wildman–Crippen MR) is 73.1 cm³/mol. The standard InChI is InChI=1S/C12H7BCl2FNO2/c1-2-19-12(18)6-4-17-11-5(9(6)15)3-7(14)8(13)10(11)16/h3-4H,2H2,1H3. The summed E-state index contributed by atoms with van der Waals surface area (Å²) in [5.41, 5.74) is -0.196. The fraction of sp³-hybridized carbons (Fsp3) is 0.167. The van der Waals surface area contributed by atoms with Crippen molar-refractivity contribution in [3.63, 3.8) is 0 Å². The molecule has 96 valence electrons. The van der Waals surface area contributed by atoms with Gasteiger partial charge in [0, 0.05) is 16.6 Å². The summed E-state index contributed by atoms with van der Waals surface area (Å²) < 4.78 is 18.7. The summed E-state index contributed by atoms with van der Waals surface area (Å²) in [5.74, 6) is -1.39. The maximum Gasteiger partial charge on any atom is 0.341 e. The molecule has 0 aliphatic rings. The van der Waals surface area contributed by atoms with E-state index in [-0.39, 0.29) is 38.6 Å². The second-order valence-electron chi connectivity index (χ2n) is 3.69. The van der Waals surface area contributed by atoms with Crippen LogP contribution in [-0.4, -0.2) is 25.4 Å². The van der Waals surface area contributed by atoms with Crippen LogP contribution in [0.5, 0.6) is 0 Å². The molecule has 0 aliphatic heterocycles. The molecule has 0 fully saturated rings. The summed E-state index contributed by atoms with van der Waals surface area (Å²) in [7, 11) is 5.46. The molecule has 0 aliphatic carbocycles. The topological polar surface area (TPSA) is 39.2 Å². The molecule has 1 heterocycles. The van der Waals surface area contributed by atoms with Gasteiger partial charge in [0.25, 0.3) is 0 Å². The third kappa shape index (κ3) is 2.40. The molecule has 3 nitrogen and oxygen atoms in total. The van der Waals surface area contributed by atoms with Gasteiger partial charge in [0.15, 0.2) is 0 Å². The molecular formula is C12H7BCl2FNO2. The van der Waals surface area contributed by atoms with Crippen LogP contribution >= 0.6 is 23.2 Å². The molecule has 0 saturated carbocycles. The van der Waals surface area contributed by atoms with Gasteiger partial charge < -0.3 is 4.74 Å². The lowest BCUT2D eigenvalue weighted by Gasteiger charge is -2.09. The number of benzene rings is 1. The Morgan fingerprint density at radius 3 is 2.84 bits per heavy atom. The summed E-state index contributed by atoms with van der Waals surface area (Å²) >= 11 is 11.9. The van der Waals surface area contributed by atoms with Crippen LogP contribution in [0.4, 0.5) is 4.39 Å². The van der Waals surface area contributed by atoms with E-state index < -0.39 is 11.8 Å². The van der Waals surface area contributed by atoms with Gasteiger partial charge in [0.1, 0.15) is 19.2 Å². The van der Waals surface area contributed by atoms with Crippen molar-refractivity contribution in [2.45, 2.75) is 6.92 Å². The average Bonchev–Trinajstić information content (AvgIpc) is 2.38. The number of halogens is 3. The Kier molecular flexibility index (Phi) is 3.97. The molecule has 0 N–H and O–H groups in total. The first-order chi connectivity index (χ1) is 8.97. The summed E-state index contributed by atoms with van der Waals surface area (Å²) in [6.07, 6.45) is 1.15. The minimum Gasteiger partial charge on any atom is -0.462 e. The Balaban J connectivity index is 2.72. The third-order valence-corrected chi connectivity index (χ3v) is 3.24. The molecule has 0 saturated heterocycles. The Bertz CT molecular complexity index is 679. The third-order valence-electron chi connectivity index (χ3n) is 2.52. The number of rotatable bonds is 2. The molecule has 1 aromatic heterocycles. The van der Waals surface area contributed by atoms with Crippen LogP contribution < -0.4 is 5.46 Å². The van der Waals surface area contributed by atoms with Crippen molar-refractivity contribution in [1.82, 2.24) is 4.98 Å². The van der Waals surface area contributed by atoms with Gasteiger partial charge in [-0.2, -0.15) is 0 Å². The molecule has 2 rings (SSSR count). The molecular weight excluding hydrogens is 291 g/mol. The fourth-order valence-electron chi connectivity index (χ4n) is 1.60. The van der Waals surface area contributed by atoms with E-state index in [1.54, 1.807) is 6.92 Å². The van der Waals surface area contributed by atoms with Crippen molar-refractivity contribution in [3.05, 3.63) is 33.7 Å². The van der Waals surface area contributed by atoms with E-state index in [0.717, 1.165) is 6.20 Å². The van der Waals surface area contributed by atoms with Crippen LogP contribution in [0.15, 0.2) is 12.3 Å². The van der Waals surface area contributed by atoms with Gasteiger partial charge in [-0.25, -0.2) is 9.18 Å². The van der Waals surface area contributed by atoms with Crippen LogP contribution in [0.25, 0.3) is 10.9 Å². The second kappa shape index (κ2) is 5.35. The highest BCUT2D eigenvalue weighted by molar-refractivity contribution is 6.47. The number of hydrogen-bond donors (Lipinski definition) is 0. The van der Waals surface area contributed by atoms with Gasteiger partial charge in [-0.05, 0) is 18.5 Å². The summed E-state index contributed by atoms with van der Waals surface area (Å²) in [4.78, 5) is 15.5. The van der Waals surface area contributed by atoms with E-state index in [1.165, 1.54) is 6.07 Å². The SMILES string of the molecule is [B]c1c(Cl)cc2c(Cl)c(C(=O)OCC)cnc2c1F. The molecule has 19 heavy (non-hydrogen) atoms. The number of esters is 1. The molecule has 7 heteroatoms. The van der Waals surface area contributed by atoms with Crippen molar-refractivity contribution in [2.24, 2.45) is 0 Å². The van der Waals surface area contributed by atoms with Crippen LogP contribution in [0.2, 0.25) is 10.0 Å². The number of carbonyl (C=O) groups excluding carboxylic acids is 1. The van der Waals surface area contributed by atoms with Crippen LogP contribution in [-0.2, 0) is 4.74 Å². The Labute approximate surface area is 120 Å². The normalized spacial score (nSPS) is 10.7.